The van der Waals surface area contributed by atoms with Gasteiger partial charge in [0.05, 0.1) is 4.90 Å². The first-order chi connectivity index (χ1) is 9.86. The summed E-state index contributed by atoms with van der Waals surface area (Å²) in [5, 5.41) is 3.27. The van der Waals surface area contributed by atoms with Crippen molar-refractivity contribution < 1.29 is 8.42 Å². The number of hydrogen-bond donors (Lipinski definition) is 1. The second-order valence-corrected chi connectivity index (χ2v) is 8.07. The Hall–Kier alpha value is -0.910. The van der Waals surface area contributed by atoms with Crippen molar-refractivity contribution in [2.75, 3.05) is 20.1 Å². The Labute approximate surface area is 128 Å². The average molecular weight is 310 g/mol. The van der Waals surface area contributed by atoms with E-state index < -0.39 is 10.0 Å². The van der Waals surface area contributed by atoms with Gasteiger partial charge < -0.3 is 5.32 Å². The van der Waals surface area contributed by atoms with Crippen LogP contribution in [0.2, 0.25) is 0 Å². The molecule has 0 saturated heterocycles. The summed E-state index contributed by atoms with van der Waals surface area (Å²) >= 11 is 0. The van der Waals surface area contributed by atoms with Crippen LogP contribution in [0.15, 0.2) is 17.0 Å². The van der Waals surface area contributed by atoms with Gasteiger partial charge in [-0.05, 0) is 61.9 Å². The van der Waals surface area contributed by atoms with Crippen molar-refractivity contribution in [1.29, 1.82) is 0 Å². The predicted octanol–water partition coefficient (Wildman–Crippen LogP) is 2.44. The zero-order valence-electron chi connectivity index (χ0n) is 13.4. The van der Waals surface area contributed by atoms with Gasteiger partial charge in [0.2, 0.25) is 10.0 Å². The van der Waals surface area contributed by atoms with Gasteiger partial charge in [-0.15, -0.1) is 0 Å². The van der Waals surface area contributed by atoms with Crippen molar-refractivity contribution in [2.24, 2.45) is 5.92 Å². The van der Waals surface area contributed by atoms with E-state index in [1.807, 2.05) is 32.9 Å². The van der Waals surface area contributed by atoms with Gasteiger partial charge in [0.1, 0.15) is 0 Å². The van der Waals surface area contributed by atoms with E-state index in [-0.39, 0.29) is 0 Å². The Morgan fingerprint density at radius 2 is 1.90 bits per heavy atom. The molecule has 2 rings (SSSR count). The van der Waals surface area contributed by atoms with Gasteiger partial charge in [-0.1, -0.05) is 13.0 Å². The highest BCUT2D eigenvalue weighted by Gasteiger charge is 2.30. The summed E-state index contributed by atoms with van der Waals surface area (Å²) in [4.78, 5) is 0.448. The molecule has 1 aliphatic carbocycles. The highest BCUT2D eigenvalue weighted by atomic mass is 32.2. The van der Waals surface area contributed by atoms with Gasteiger partial charge in [0.15, 0.2) is 0 Å². The Morgan fingerprint density at radius 3 is 2.48 bits per heavy atom. The summed E-state index contributed by atoms with van der Waals surface area (Å²) in [6.45, 7) is 8.17. The Bertz CT molecular complexity index is 607. The van der Waals surface area contributed by atoms with Crippen molar-refractivity contribution in [2.45, 2.75) is 45.1 Å². The molecule has 118 valence electrons. The average Bonchev–Trinajstić information content (AvgIpc) is 3.21. The van der Waals surface area contributed by atoms with Crippen LogP contribution in [-0.2, 0) is 16.6 Å². The van der Waals surface area contributed by atoms with Crippen LogP contribution < -0.4 is 5.32 Å². The second kappa shape index (κ2) is 6.46. The SMILES string of the molecule is CCNCc1cc(S(=O)(=O)N(C)CC2CC2)c(C)cc1C. The largest absolute Gasteiger partial charge is 0.313 e. The molecule has 1 fully saturated rings. The molecule has 0 spiro atoms. The molecule has 1 aromatic carbocycles. The molecule has 1 N–H and O–H groups in total. The number of nitrogens with zero attached hydrogens (tertiary/aromatic N) is 1. The van der Waals surface area contributed by atoms with Gasteiger partial charge >= 0.3 is 0 Å². The van der Waals surface area contributed by atoms with Gasteiger partial charge in [0.25, 0.3) is 0 Å². The third-order valence-electron chi connectivity index (χ3n) is 4.10. The van der Waals surface area contributed by atoms with Crippen molar-refractivity contribution in [3.63, 3.8) is 0 Å². The maximum atomic E-state index is 12.8. The molecule has 5 heteroatoms. The lowest BCUT2D eigenvalue weighted by atomic mass is 10.1. The molecule has 4 nitrogen and oxygen atoms in total. The molecule has 0 amide bonds. The zero-order chi connectivity index (χ0) is 15.6. The van der Waals surface area contributed by atoms with E-state index in [2.05, 4.69) is 5.32 Å². The lowest BCUT2D eigenvalue weighted by molar-refractivity contribution is 0.452. The van der Waals surface area contributed by atoms with Crippen molar-refractivity contribution in [3.05, 3.63) is 28.8 Å². The topological polar surface area (TPSA) is 49.4 Å². The van der Waals surface area contributed by atoms with Crippen molar-refractivity contribution >= 4 is 10.0 Å². The molecule has 1 aromatic rings. The highest BCUT2D eigenvalue weighted by Crippen LogP contribution is 2.31. The summed E-state index contributed by atoms with van der Waals surface area (Å²) in [6.07, 6.45) is 2.30. The highest BCUT2D eigenvalue weighted by molar-refractivity contribution is 7.89. The van der Waals surface area contributed by atoms with E-state index >= 15 is 0 Å². The zero-order valence-corrected chi connectivity index (χ0v) is 14.3. The van der Waals surface area contributed by atoms with Crippen LogP contribution in [0.3, 0.4) is 0 Å². The fourth-order valence-corrected chi connectivity index (χ4v) is 4.03. The van der Waals surface area contributed by atoms with Crippen molar-refractivity contribution in [1.82, 2.24) is 9.62 Å². The van der Waals surface area contributed by atoms with E-state index in [9.17, 15) is 8.42 Å². The standard InChI is InChI=1S/C16H26N2O2S/c1-5-17-10-15-9-16(13(3)8-12(15)2)21(19,20)18(4)11-14-6-7-14/h8-9,14,17H,5-7,10-11H2,1-4H3. The van der Waals surface area contributed by atoms with Crippen LogP contribution >= 0.6 is 0 Å². The molecule has 0 aliphatic heterocycles. The molecule has 0 radical (unpaired) electrons. The molecule has 0 bridgehead atoms. The normalized spacial score (nSPS) is 15.7. The lowest BCUT2D eigenvalue weighted by Gasteiger charge is -2.20. The first-order valence-electron chi connectivity index (χ1n) is 7.63. The molecule has 0 unspecified atom stereocenters. The molecular weight excluding hydrogens is 284 g/mol. The maximum Gasteiger partial charge on any atom is 0.243 e. The van der Waals surface area contributed by atoms with Crippen LogP contribution in [0.4, 0.5) is 0 Å². The fourth-order valence-electron chi connectivity index (χ4n) is 2.53. The first-order valence-corrected chi connectivity index (χ1v) is 9.07. The number of benzene rings is 1. The smallest absolute Gasteiger partial charge is 0.243 e. The third-order valence-corrected chi connectivity index (χ3v) is 6.06. The van der Waals surface area contributed by atoms with Crippen LogP contribution in [0.1, 0.15) is 36.5 Å². The Balaban J connectivity index is 2.32. The summed E-state index contributed by atoms with van der Waals surface area (Å²) < 4.78 is 27.0. The molecule has 1 aliphatic rings. The molecular formula is C16H26N2O2S. The molecule has 0 atom stereocenters. The minimum absolute atomic E-state index is 0.448. The fraction of sp³-hybridized carbons (Fsp3) is 0.625. The molecule has 0 aromatic heterocycles. The number of nitrogens with one attached hydrogen (secondary N) is 1. The lowest BCUT2D eigenvalue weighted by Crippen LogP contribution is -2.29. The van der Waals surface area contributed by atoms with E-state index in [0.29, 0.717) is 23.9 Å². The van der Waals surface area contributed by atoms with Crippen LogP contribution in [0.5, 0.6) is 0 Å². The number of hydrogen-bond acceptors (Lipinski definition) is 3. The van der Waals surface area contributed by atoms with Crippen LogP contribution in [0.25, 0.3) is 0 Å². The minimum atomic E-state index is -3.38. The van der Waals surface area contributed by atoms with Gasteiger partial charge in [-0.2, -0.15) is 0 Å². The summed E-state index contributed by atoms with van der Waals surface area (Å²) in [6, 6.07) is 3.82. The van der Waals surface area contributed by atoms with E-state index in [0.717, 1.165) is 36.1 Å². The monoisotopic (exact) mass is 310 g/mol. The number of rotatable bonds is 7. The van der Waals surface area contributed by atoms with Crippen LogP contribution in [-0.4, -0.2) is 32.9 Å². The quantitative estimate of drug-likeness (QED) is 0.841. The van der Waals surface area contributed by atoms with Gasteiger partial charge in [-0.25, -0.2) is 12.7 Å². The Kier molecular flexibility index (Phi) is 5.07. The van der Waals surface area contributed by atoms with Gasteiger partial charge in [0, 0.05) is 20.1 Å². The summed E-state index contributed by atoms with van der Waals surface area (Å²) in [7, 11) is -1.69. The maximum absolute atomic E-state index is 12.8. The second-order valence-electron chi connectivity index (χ2n) is 6.05. The summed E-state index contributed by atoms with van der Waals surface area (Å²) in [5.41, 5.74) is 3.02. The number of sulfonamides is 1. The summed E-state index contributed by atoms with van der Waals surface area (Å²) in [5.74, 6) is 0.553. The minimum Gasteiger partial charge on any atom is -0.313 e. The molecule has 1 saturated carbocycles. The Morgan fingerprint density at radius 1 is 1.24 bits per heavy atom. The van der Waals surface area contributed by atoms with Crippen molar-refractivity contribution in [3.8, 4) is 0 Å². The third kappa shape index (κ3) is 3.84. The number of aryl methyl sites for hydroxylation is 2. The van der Waals surface area contributed by atoms with Gasteiger partial charge in [-0.3, -0.25) is 0 Å². The van der Waals surface area contributed by atoms with E-state index in [4.69, 9.17) is 0 Å². The predicted molar refractivity (Wildman–Crippen MR) is 85.8 cm³/mol. The first kappa shape index (κ1) is 16.5. The molecule has 21 heavy (non-hydrogen) atoms. The molecule has 0 heterocycles. The van der Waals surface area contributed by atoms with E-state index in [1.54, 1.807) is 7.05 Å². The van der Waals surface area contributed by atoms with E-state index in [1.165, 1.54) is 4.31 Å². The van der Waals surface area contributed by atoms with Crippen LogP contribution in [0, 0.1) is 19.8 Å².